The van der Waals surface area contributed by atoms with Crippen molar-refractivity contribution in [2.75, 3.05) is 26.6 Å². The molecule has 2 heterocycles. The molecule has 2 aromatic heterocycles. The topological polar surface area (TPSA) is 98.4 Å². The van der Waals surface area contributed by atoms with Crippen molar-refractivity contribution in [2.45, 2.75) is 0 Å². The molecule has 0 fully saturated rings. The summed E-state index contributed by atoms with van der Waals surface area (Å²) < 4.78 is 15.9. The number of H-pyrrole nitrogens is 1. The number of imidazole rings is 1. The highest BCUT2D eigenvalue weighted by molar-refractivity contribution is 7.14. The lowest BCUT2D eigenvalue weighted by atomic mass is 10.1. The molecule has 0 aliphatic rings. The minimum absolute atomic E-state index is 0.338. The number of nitrogens with one attached hydrogen (secondary N) is 2. The Morgan fingerprint density at radius 1 is 1.03 bits per heavy atom. The summed E-state index contributed by atoms with van der Waals surface area (Å²) in [4.78, 5) is 24.9. The van der Waals surface area contributed by atoms with Gasteiger partial charge in [-0.2, -0.15) is 0 Å². The van der Waals surface area contributed by atoms with E-state index < -0.39 is 0 Å². The lowest BCUT2D eigenvalue weighted by molar-refractivity contribution is 0.102. The molecular formula is C20H18N4O4S. The highest BCUT2D eigenvalue weighted by Crippen LogP contribution is 2.38. The van der Waals surface area contributed by atoms with E-state index in [1.807, 2.05) is 29.6 Å². The maximum absolute atomic E-state index is 12.7. The zero-order valence-corrected chi connectivity index (χ0v) is 16.8. The van der Waals surface area contributed by atoms with E-state index in [4.69, 9.17) is 14.2 Å². The molecule has 1 amide bonds. The molecule has 4 rings (SSSR count). The number of aromatic amines is 1. The standard InChI is InChI=1S/C20H18N4O4S/c1-26-15-8-11(9-16(27-2)17(15)28-3)19(25)24-20-23-14(10-29-20)18-21-12-6-4-5-7-13(12)22-18/h4-10H,1-3H3,(H,21,22)(H,23,24,25). The summed E-state index contributed by atoms with van der Waals surface area (Å²) in [6.07, 6.45) is 0. The van der Waals surface area contributed by atoms with E-state index in [9.17, 15) is 4.79 Å². The molecule has 0 spiro atoms. The van der Waals surface area contributed by atoms with Crippen molar-refractivity contribution in [3.8, 4) is 28.8 Å². The van der Waals surface area contributed by atoms with Crippen LogP contribution in [0.1, 0.15) is 10.4 Å². The number of rotatable bonds is 6. The van der Waals surface area contributed by atoms with Gasteiger partial charge in [0.25, 0.3) is 5.91 Å². The molecule has 0 bridgehead atoms. The molecular weight excluding hydrogens is 392 g/mol. The van der Waals surface area contributed by atoms with E-state index in [1.54, 1.807) is 12.1 Å². The Labute approximate surface area is 170 Å². The van der Waals surface area contributed by atoms with Crippen LogP contribution >= 0.6 is 11.3 Å². The van der Waals surface area contributed by atoms with Crippen LogP contribution in [0.15, 0.2) is 41.8 Å². The first-order valence-electron chi connectivity index (χ1n) is 8.65. The van der Waals surface area contributed by atoms with Crippen molar-refractivity contribution in [3.63, 3.8) is 0 Å². The van der Waals surface area contributed by atoms with Gasteiger partial charge >= 0.3 is 0 Å². The summed E-state index contributed by atoms with van der Waals surface area (Å²) >= 11 is 1.31. The molecule has 0 saturated carbocycles. The highest BCUT2D eigenvalue weighted by atomic mass is 32.1. The summed E-state index contributed by atoms with van der Waals surface area (Å²) in [5.74, 6) is 1.54. The minimum atomic E-state index is -0.338. The monoisotopic (exact) mass is 410 g/mol. The van der Waals surface area contributed by atoms with Gasteiger partial charge in [0.1, 0.15) is 5.69 Å². The Kier molecular flexibility index (Phi) is 5.05. The normalized spacial score (nSPS) is 10.7. The number of fused-ring (bicyclic) bond motifs is 1. The Hall–Kier alpha value is -3.59. The third kappa shape index (κ3) is 3.59. The van der Waals surface area contributed by atoms with E-state index in [-0.39, 0.29) is 5.91 Å². The second-order valence-electron chi connectivity index (χ2n) is 6.01. The number of anilines is 1. The summed E-state index contributed by atoms with van der Waals surface area (Å²) in [7, 11) is 4.51. The molecule has 0 saturated heterocycles. The maximum Gasteiger partial charge on any atom is 0.257 e. The van der Waals surface area contributed by atoms with E-state index in [0.717, 1.165) is 11.0 Å². The molecule has 0 radical (unpaired) electrons. The number of hydrogen-bond donors (Lipinski definition) is 2. The molecule has 4 aromatic rings. The smallest absolute Gasteiger partial charge is 0.257 e. The zero-order valence-electron chi connectivity index (χ0n) is 16.0. The molecule has 0 atom stereocenters. The number of nitrogens with zero attached hydrogens (tertiary/aromatic N) is 2. The number of aromatic nitrogens is 3. The second kappa shape index (κ2) is 7.80. The molecule has 0 aliphatic carbocycles. The van der Waals surface area contributed by atoms with E-state index in [0.29, 0.717) is 39.5 Å². The molecule has 9 heteroatoms. The van der Waals surface area contributed by atoms with Crippen LogP contribution in [0.3, 0.4) is 0 Å². The van der Waals surface area contributed by atoms with E-state index in [1.165, 1.54) is 32.7 Å². The van der Waals surface area contributed by atoms with Crippen LogP contribution < -0.4 is 19.5 Å². The first kappa shape index (κ1) is 18.8. The van der Waals surface area contributed by atoms with Gasteiger partial charge < -0.3 is 19.2 Å². The summed E-state index contributed by atoms with van der Waals surface area (Å²) in [5.41, 5.74) is 2.81. The van der Waals surface area contributed by atoms with Gasteiger partial charge in [0.2, 0.25) is 5.75 Å². The predicted molar refractivity (Wildman–Crippen MR) is 111 cm³/mol. The van der Waals surface area contributed by atoms with E-state index >= 15 is 0 Å². The van der Waals surface area contributed by atoms with Crippen molar-refractivity contribution in [2.24, 2.45) is 0 Å². The second-order valence-corrected chi connectivity index (χ2v) is 6.87. The van der Waals surface area contributed by atoms with Gasteiger partial charge in [-0.05, 0) is 24.3 Å². The van der Waals surface area contributed by atoms with Gasteiger partial charge in [-0.25, -0.2) is 9.97 Å². The Morgan fingerprint density at radius 2 is 1.76 bits per heavy atom. The fourth-order valence-corrected chi connectivity index (χ4v) is 3.59. The molecule has 0 aliphatic heterocycles. The Morgan fingerprint density at radius 3 is 2.41 bits per heavy atom. The van der Waals surface area contributed by atoms with E-state index in [2.05, 4.69) is 20.3 Å². The van der Waals surface area contributed by atoms with Crippen LogP contribution in [-0.2, 0) is 0 Å². The molecule has 148 valence electrons. The highest BCUT2D eigenvalue weighted by Gasteiger charge is 2.18. The Bertz CT molecular complexity index is 1130. The van der Waals surface area contributed by atoms with Gasteiger partial charge in [0.15, 0.2) is 22.5 Å². The average molecular weight is 410 g/mol. The maximum atomic E-state index is 12.7. The molecule has 2 aromatic carbocycles. The van der Waals surface area contributed by atoms with Crippen LogP contribution in [-0.4, -0.2) is 42.2 Å². The largest absolute Gasteiger partial charge is 0.493 e. The number of carbonyl (C=O) groups is 1. The lowest BCUT2D eigenvalue weighted by Crippen LogP contribution is -2.12. The fraction of sp³-hybridized carbons (Fsp3) is 0.150. The molecule has 8 nitrogen and oxygen atoms in total. The third-order valence-corrected chi connectivity index (χ3v) is 5.04. The van der Waals surface area contributed by atoms with Crippen molar-refractivity contribution in [1.82, 2.24) is 15.0 Å². The summed E-state index contributed by atoms with van der Waals surface area (Å²) in [6, 6.07) is 10.9. The number of methoxy groups -OCH3 is 3. The molecule has 29 heavy (non-hydrogen) atoms. The SMILES string of the molecule is COc1cc(C(=O)Nc2nc(-c3nc4ccccc4[nH]3)cs2)cc(OC)c1OC. The van der Waals surface area contributed by atoms with Crippen LogP contribution in [0.2, 0.25) is 0 Å². The number of amides is 1. The number of ether oxygens (including phenoxy) is 3. The quantitative estimate of drug-likeness (QED) is 0.499. The number of carbonyl (C=O) groups excluding carboxylic acids is 1. The Balaban J connectivity index is 1.58. The van der Waals surface area contributed by atoms with Crippen molar-refractivity contribution in [3.05, 3.63) is 47.3 Å². The average Bonchev–Trinajstić information content (AvgIpc) is 3.39. The summed E-state index contributed by atoms with van der Waals surface area (Å²) in [6.45, 7) is 0. The number of benzene rings is 2. The zero-order chi connectivity index (χ0) is 20.4. The number of thiazole rings is 1. The van der Waals surface area contributed by atoms with Crippen LogP contribution in [0.25, 0.3) is 22.6 Å². The van der Waals surface area contributed by atoms with Crippen molar-refractivity contribution in [1.29, 1.82) is 0 Å². The molecule has 2 N–H and O–H groups in total. The number of para-hydroxylation sites is 2. The van der Waals surface area contributed by atoms with Crippen molar-refractivity contribution >= 4 is 33.4 Å². The van der Waals surface area contributed by atoms with Crippen molar-refractivity contribution < 1.29 is 19.0 Å². The molecule has 0 unspecified atom stereocenters. The van der Waals surface area contributed by atoms with Gasteiger partial charge in [-0.15, -0.1) is 11.3 Å². The van der Waals surface area contributed by atoms with Crippen LogP contribution in [0.5, 0.6) is 17.2 Å². The van der Waals surface area contributed by atoms with Gasteiger partial charge in [0, 0.05) is 10.9 Å². The minimum Gasteiger partial charge on any atom is -0.493 e. The number of hydrogen-bond acceptors (Lipinski definition) is 7. The van der Waals surface area contributed by atoms with Gasteiger partial charge in [0.05, 0.1) is 32.4 Å². The third-order valence-electron chi connectivity index (χ3n) is 4.28. The van der Waals surface area contributed by atoms with Gasteiger partial charge in [-0.3, -0.25) is 10.1 Å². The fourth-order valence-electron chi connectivity index (χ4n) is 2.90. The first-order chi connectivity index (χ1) is 14.1. The van der Waals surface area contributed by atoms with Crippen LogP contribution in [0.4, 0.5) is 5.13 Å². The predicted octanol–water partition coefficient (Wildman–Crippen LogP) is 3.96. The summed E-state index contributed by atoms with van der Waals surface area (Å²) in [5, 5.41) is 5.09. The van der Waals surface area contributed by atoms with Gasteiger partial charge in [-0.1, -0.05) is 12.1 Å². The first-order valence-corrected chi connectivity index (χ1v) is 9.53. The van der Waals surface area contributed by atoms with Crippen LogP contribution in [0, 0.1) is 0 Å². The lowest BCUT2D eigenvalue weighted by Gasteiger charge is -2.13.